The summed E-state index contributed by atoms with van der Waals surface area (Å²) in [6.07, 6.45) is 2.50. The maximum atomic E-state index is 13.0. The van der Waals surface area contributed by atoms with E-state index in [2.05, 4.69) is 34.9 Å². The van der Waals surface area contributed by atoms with Gasteiger partial charge in [-0.3, -0.25) is 9.59 Å². The van der Waals surface area contributed by atoms with Crippen molar-refractivity contribution in [1.29, 1.82) is 0 Å². The molecule has 35 heavy (non-hydrogen) atoms. The first kappa shape index (κ1) is 24.8. The summed E-state index contributed by atoms with van der Waals surface area (Å²) < 4.78 is 5.68. The van der Waals surface area contributed by atoms with Crippen molar-refractivity contribution < 1.29 is 24.2 Å². The van der Waals surface area contributed by atoms with Crippen molar-refractivity contribution in [2.75, 3.05) is 6.61 Å². The molecule has 0 saturated heterocycles. The molecule has 2 aromatic rings. The Morgan fingerprint density at radius 2 is 1.57 bits per heavy atom. The monoisotopic (exact) mass is 478 g/mol. The molecule has 0 radical (unpaired) electrons. The van der Waals surface area contributed by atoms with E-state index >= 15 is 0 Å². The van der Waals surface area contributed by atoms with Gasteiger partial charge in [0.25, 0.3) is 0 Å². The second-order valence-electron chi connectivity index (χ2n) is 9.92. The molecule has 7 nitrogen and oxygen atoms in total. The number of hydrogen-bond donors (Lipinski definition) is 3. The number of hydrogen-bond acceptors (Lipinski definition) is 4. The van der Waals surface area contributed by atoms with Crippen LogP contribution in [0.25, 0.3) is 11.1 Å². The van der Waals surface area contributed by atoms with E-state index in [9.17, 15) is 19.5 Å². The van der Waals surface area contributed by atoms with Crippen LogP contribution < -0.4 is 10.6 Å². The molecule has 0 aromatic heterocycles. The quantitative estimate of drug-likeness (QED) is 0.510. The number of benzene rings is 2. The largest absolute Gasteiger partial charge is 0.481 e. The minimum Gasteiger partial charge on any atom is -0.481 e. The minimum atomic E-state index is -0.944. The van der Waals surface area contributed by atoms with Crippen LogP contribution in [0.15, 0.2) is 48.5 Å². The number of aliphatic carboxylic acids is 1. The van der Waals surface area contributed by atoms with Gasteiger partial charge in [-0.1, -0.05) is 75.2 Å². The Hall–Kier alpha value is -3.35. The molecule has 186 valence electrons. The van der Waals surface area contributed by atoms with E-state index < -0.39 is 24.0 Å². The third-order valence-corrected chi connectivity index (χ3v) is 7.28. The lowest BCUT2D eigenvalue weighted by molar-refractivity contribution is -0.138. The van der Waals surface area contributed by atoms with Crippen LogP contribution in [0.3, 0.4) is 0 Å². The van der Waals surface area contributed by atoms with Gasteiger partial charge in [-0.25, -0.2) is 4.79 Å². The van der Waals surface area contributed by atoms with Crippen molar-refractivity contribution in [3.8, 4) is 11.1 Å². The van der Waals surface area contributed by atoms with Gasteiger partial charge >= 0.3 is 12.1 Å². The predicted molar refractivity (Wildman–Crippen MR) is 133 cm³/mol. The van der Waals surface area contributed by atoms with Gasteiger partial charge < -0.3 is 20.5 Å². The molecule has 3 N–H and O–H groups in total. The Labute approximate surface area is 206 Å². The number of nitrogens with one attached hydrogen (secondary N) is 2. The lowest BCUT2D eigenvalue weighted by Crippen LogP contribution is -2.51. The molecule has 0 aliphatic heterocycles. The highest BCUT2D eigenvalue weighted by Gasteiger charge is 2.35. The van der Waals surface area contributed by atoms with Crippen molar-refractivity contribution >= 4 is 18.0 Å². The fourth-order valence-corrected chi connectivity index (χ4v) is 5.34. The zero-order valence-electron chi connectivity index (χ0n) is 20.3. The van der Waals surface area contributed by atoms with E-state index in [0.717, 1.165) is 24.0 Å². The molecule has 2 aliphatic rings. The van der Waals surface area contributed by atoms with Gasteiger partial charge in [0.2, 0.25) is 5.91 Å². The van der Waals surface area contributed by atoms with Crippen molar-refractivity contribution in [2.24, 2.45) is 11.8 Å². The second-order valence-corrected chi connectivity index (χ2v) is 9.92. The second kappa shape index (κ2) is 10.9. The Kier molecular flexibility index (Phi) is 7.73. The first-order chi connectivity index (χ1) is 16.8. The zero-order valence-corrected chi connectivity index (χ0v) is 20.3. The van der Waals surface area contributed by atoms with E-state index in [0.29, 0.717) is 12.8 Å². The number of alkyl carbamates (subject to hydrolysis) is 1. The van der Waals surface area contributed by atoms with E-state index in [1.165, 1.54) is 11.1 Å². The van der Waals surface area contributed by atoms with Crippen LogP contribution in [0.5, 0.6) is 0 Å². The predicted octanol–water partition coefficient (Wildman–Crippen LogP) is 4.70. The summed E-state index contributed by atoms with van der Waals surface area (Å²) in [5.41, 5.74) is 4.63. The molecule has 0 heterocycles. The van der Waals surface area contributed by atoms with Gasteiger partial charge in [-0.05, 0) is 41.0 Å². The highest BCUT2D eigenvalue weighted by atomic mass is 16.5. The lowest BCUT2D eigenvalue weighted by Gasteiger charge is -2.33. The maximum Gasteiger partial charge on any atom is 0.407 e. The fraction of sp³-hybridized carbons (Fsp3) is 0.464. The molecule has 2 aliphatic carbocycles. The molecule has 2 aromatic carbocycles. The highest BCUT2D eigenvalue weighted by Crippen LogP contribution is 2.44. The third kappa shape index (κ3) is 5.66. The SMILES string of the molecule is CC(C)[C@H](CC(=O)O)NC(=O)[C@H]1CCCC[C@H]1NC(=O)OCC1c2ccccc2-c2ccccc21. The van der Waals surface area contributed by atoms with E-state index in [1.807, 2.05) is 38.1 Å². The van der Waals surface area contributed by atoms with Crippen molar-refractivity contribution in [1.82, 2.24) is 10.6 Å². The van der Waals surface area contributed by atoms with Crippen LogP contribution in [-0.4, -0.2) is 41.8 Å². The number of carboxylic acids is 1. The zero-order chi connectivity index (χ0) is 24.9. The summed E-state index contributed by atoms with van der Waals surface area (Å²) in [7, 11) is 0. The molecule has 2 amide bonds. The lowest BCUT2D eigenvalue weighted by atomic mass is 9.83. The molecule has 1 saturated carbocycles. The standard InChI is InChI=1S/C28H34N2O5/c1-17(2)25(15-26(31)32)29-27(33)22-13-7-8-14-24(22)30-28(34)35-16-23-20-11-5-3-9-18(20)19-10-4-6-12-21(19)23/h3-6,9-12,17,22-25H,7-8,13-16H2,1-2H3,(H,29,33)(H,30,34)(H,31,32)/t22-,24+,25-/m0/s1. The number of rotatable bonds is 8. The van der Waals surface area contributed by atoms with Gasteiger partial charge in [0, 0.05) is 18.0 Å². The van der Waals surface area contributed by atoms with E-state index in [4.69, 9.17) is 4.74 Å². The third-order valence-electron chi connectivity index (χ3n) is 7.28. The first-order valence-electron chi connectivity index (χ1n) is 12.5. The number of amides is 2. The number of ether oxygens (including phenoxy) is 1. The Morgan fingerprint density at radius 3 is 2.17 bits per heavy atom. The van der Waals surface area contributed by atoms with Crippen molar-refractivity contribution in [3.63, 3.8) is 0 Å². The summed E-state index contributed by atoms with van der Waals surface area (Å²) in [5.74, 6) is -1.58. The number of carboxylic acid groups (broad SMARTS) is 1. The fourth-order valence-electron chi connectivity index (χ4n) is 5.34. The normalized spacial score (nSPS) is 20.0. The molecule has 0 unspecified atom stereocenters. The van der Waals surface area contributed by atoms with Crippen LogP contribution >= 0.6 is 0 Å². The van der Waals surface area contributed by atoms with Gasteiger partial charge in [-0.2, -0.15) is 0 Å². The van der Waals surface area contributed by atoms with Crippen LogP contribution in [0, 0.1) is 11.8 Å². The van der Waals surface area contributed by atoms with Crippen LogP contribution in [0.1, 0.15) is 63.0 Å². The Balaban J connectivity index is 1.38. The van der Waals surface area contributed by atoms with Crippen molar-refractivity contribution in [3.05, 3.63) is 59.7 Å². The molecular weight excluding hydrogens is 444 g/mol. The van der Waals surface area contributed by atoms with E-state index in [1.54, 1.807) is 0 Å². The molecule has 1 fully saturated rings. The Morgan fingerprint density at radius 1 is 0.971 bits per heavy atom. The summed E-state index contributed by atoms with van der Waals surface area (Å²) in [4.78, 5) is 37.0. The molecule has 3 atom stereocenters. The molecule has 0 bridgehead atoms. The molecular formula is C28H34N2O5. The summed E-state index contributed by atoms with van der Waals surface area (Å²) in [6.45, 7) is 4.00. The number of carbonyl (C=O) groups excluding carboxylic acids is 2. The smallest absolute Gasteiger partial charge is 0.407 e. The highest BCUT2D eigenvalue weighted by molar-refractivity contribution is 5.82. The summed E-state index contributed by atoms with van der Waals surface area (Å²) >= 11 is 0. The van der Waals surface area contributed by atoms with Gasteiger partial charge in [0.1, 0.15) is 6.61 Å². The summed E-state index contributed by atoms with van der Waals surface area (Å²) in [6, 6.07) is 15.6. The van der Waals surface area contributed by atoms with Gasteiger partial charge in [-0.15, -0.1) is 0 Å². The molecule has 0 spiro atoms. The van der Waals surface area contributed by atoms with Crippen LogP contribution in [0.2, 0.25) is 0 Å². The topological polar surface area (TPSA) is 105 Å². The average Bonchev–Trinajstić information content (AvgIpc) is 3.16. The van der Waals surface area contributed by atoms with Crippen LogP contribution in [0.4, 0.5) is 4.79 Å². The van der Waals surface area contributed by atoms with Crippen LogP contribution in [-0.2, 0) is 14.3 Å². The van der Waals surface area contributed by atoms with Crippen molar-refractivity contribution in [2.45, 2.75) is 64.0 Å². The maximum absolute atomic E-state index is 13.0. The van der Waals surface area contributed by atoms with Gasteiger partial charge in [0.05, 0.1) is 12.3 Å². The number of carbonyl (C=O) groups is 3. The number of fused-ring (bicyclic) bond motifs is 3. The average molecular weight is 479 g/mol. The van der Waals surface area contributed by atoms with Gasteiger partial charge in [0.15, 0.2) is 0 Å². The first-order valence-corrected chi connectivity index (χ1v) is 12.5. The summed E-state index contributed by atoms with van der Waals surface area (Å²) in [5, 5.41) is 15.0. The minimum absolute atomic E-state index is 0.00724. The molecule has 7 heteroatoms. The Bertz CT molecular complexity index is 1040. The van der Waals surface area contributed by atoms with E-state index in [-0.39, 0.29) is 36.8 Å². The molecule has 4 rings (SSSR count).